The number of esters is 1. The maximum Gasteiger partial charge on any atom is 0.305 e. The van der Waals surface area contributed by atoms with E-state index in [4.69, 9.17) is 15.9 Å². The summed E-state index contributed by atoms with van der Waals surface area (Å²) in [5.74, 6) is 1.29. The lowest BCUT2D eigenvalue weighted by atomic mass is 9.85. The fourth-order valence-corrected chi connectivity index (χ4v) is 5.68. The molecule has 0 radical (unpaired) electrons. The topological polar surface area (TPSA) is 114 Å². The standard InChI is InChI=1S/C24H29N5O2S/c1-3-31-21(30)6-4-5-15-7-9-17-20(11-15)32-24-22(17)23(27-13-28-24)29-16-8-10-19(26)18(12-16)14(2)25/h8,10,12-13,15,25H,3-7,9,11,26H2,1-2H3,(H,27,28,29). The number of ether oxygens (including phenoxy) is 1. The minimum atomic E-state index is -0.0964. The van der Waals surface area contributed by atoms with Crippen molar-refractivity contribution in [2.24, 2.45) is 5.92 Å². The Hall–Kier alpha value is -3.00. The first-order valence-corrected chi connectivity index (χ1v) is 11.9. The Morgan fingerprint density at radius 3 is 3.00 bits per heavy atom. The fraction of sp³-hybridized carbons (Fsp3) is 0.417. The zero-order chi connectivity index (χ0) is 22.7. The highest BCUT2D eigenvalue weighted by atomic mass is 32.1. The van der Waals surface area contributed by atoms with Crippen molar-refractivity contribution in [3.05, 3.63) is 40.5 Å². The average molecular weight is 452 g/mol. The first-order valence-electron chi connectivity index (χ1n) is 11.1. The van der Waals surface area contributed by atoms with E-state index < -0.39 is 0 Å². The van der Waals surface area contributed by atoms with Gasteiger partial charge in [0.05, 0.1) is 12.0 Å². The van der Waals surface area contributed by atoms with Crippen molar-refractivity contribution < 1.29 is 9.53 Å². The number of carbonyl (C=O) groups is 1. The molecule has 32 heavy (non-hydrogen) atoms. The van der Waals surface area contributed by atoms with E-state index in [1.54, 1.807) is 24.6 Å². The van der Waals surface area contributed by atoms with E-state index in [9.17, 15) is 4.79 Å². The van der Waals surface area contributed by atoms with E-state index in [1.807, 2.05) is 25.1 Å². The van der Waals surface area contributed by atoms with Gasteiger partial charge in [0.2, 0.25) is 0 Å². The highest BCUT2D eigenvalue weighted by Crippen LogP contribution is 2.41. The van der Waals surface area contributed by atoms with Gasteiger partial charge in [-0.15, -0.1) is 11.3 Å². The fourth-order valence-electron chi connectivity index (χ4n) is 4.38. The average Bonchev–Trinajstić information content (AvgIpc) is 3.14. The Bertz CT molecular complexity index is 1160. The largest absolute Gasteiger partial charge is 0.466 e. The summed E-state index contributed by atoms with van der Waals surface area (Å²) in [6, 6.07) is 5.62. The lowest BCUT2D eigenvalue weighted by Crippen LogP contribution is -2.13. The van der Waals surface area contributed by atoms with Gasteiger partial charge in [-0.2, -0.15) is 0 Å². The van der Waals surface area contributed by atoms with Crippen LogP contribution in [0.5, 0.6) is 0 Å². The first-order chi connectivity index (χ1) is 15.5. The van der Waals surface area contributed by atoms with Crippen LogP contribution in [0.15, 0.2) is 24.5 Å². The van der Waals surface area contributed by atoms with Crippen molar-refractivity contribution in [1.82, 2.24) is 9.97 Å². The third kappa shape index (κ3) is 4.75. The van der Waals surface area contributed by atoms with Gasteiger partial charge in [0, 0.05) is 33.9 Å². The highest BCUT2D eigenvalue weighted by molar-refractivity contribution is 7.19. The van der Waals surface area contributed by atoms with Gasteiger partial charge in [-0.1, -0.05) is 0 Å². The molecule has 0 aliphatic heterocycles. The molecule has 1 unspecified atom stereocenters. The van der Waals surface area contributed by atoms with Crippen molar-refractivity contribution in [1.29, 1.82) is 5.41 Å². The molecule has 1 aromatic carbocycles. The normalized spacial score (nSPS) is 15.4. The van der Waals surface area contributed by atoms with E-state index in [2.05, 4.69) is 15.3 Å². The van der Waals surface area contributed by atoms with Crippen LogP contribution in [0.1, 0.15) is 55.5 Å². The Morgan fingerprint density at radius 1 is 1.38 bits per heavy atom. The number of nitrogens with two attached hydrogens (primary N) is 1. The number of aryl methyl sites for hydroxylation is 1. The number of carbonyl (C=O) groups excluding carboxylic acids is 1. The lowest BCUT2D eigenvalue weighted by Gasteiger charge is -2.22. The van der Waals surface area contributed by atoms with Crippen molar-refractivity contribution in [3.63, 3.8) is 0 Å². The molecular formula is C24H29N5O2S. The summed E-state index contributed by atoms with van der Waals surface area (Å²) in [5.41, 5.74) is 9.95. The SMILES string of the molecule is CCOC(=O)CCCC1CCc2c(sc3ncnc(Nc4ccc(N)c(C(C)=N)c4)c23)C1. The third-order valence-electron chi connectivity index (χ3n) is 5.97. The third-order valence-corrected chi connectivity index (χ3v) is 7.13. The van der Waals surface area contributed by atoms with E-state index >= 15 is 0 Å². The minimum Gasteiger partial charge on any atom is -0.466 e. The van der Waals surface area contributed by atoms with E-state index in [0.717, 1.165) is 59.4 Å². The van der Waals surface area contributed by atoms with Crippen molar-refractivity contribution in [2.75, 3.05) is 17.7 Å². The van der Waals surface area contributed by atoms with Gasteiger partial charge in [-0.3, -0.25) is 4.79 Å². The zero-order valence-electron chi connectivity index (χ0n) is 18.5. The van der Waals surface area contributed by atoms with Crippen LogP contribution in [0.25, 0.3) is 10.2 Å². The number of aromatic nitrogens is 2. The maximum atomic E-state index is 11.6. The molecule has 0 saturated heterocycles. The van der Waals surface area contributed by atoms with Gasteiger partial charge < -0.3 is 21.2 Å². The molecule has 0 spiro atoms. The Balaban J connectivity index is 1.52. The van der Waals surface area contributed by atoms with Crippen molar-refractivity contribution >= 4 is 50.4 Å². The molecule has 0 amide bonds. The Morgan fingerprint density at radius 2 is 2.22 bits per heavy atom. The quantitative estimate of drug-likeness (QED) is 0.245. The number of nitrogens with zero attached hydrogens (tertiary/aromatic N) is 2. The molecule has 1 aliphatic rings. The number of anilines is 3. The molecule has 3 aromatic rings. The van der Waals surface area contributed by atoms with Gasteiger partial charge in [-0.25, -0.2) is 9.97 Å². The molecule has 7 nitrogen and oxygen atoms in total. The summed E-state index contributed by atoms with van der Waals surface area (Å²) in [5, 5.41) is 12.5. The maximum absolute atomic E-state index is 11.6. The monoisotopic (exact) mass is 451 g/mol. The van der Waals surface area contributed by atoms with Crippen molar-refractivity contribution in [2.45, 2.75) is 52.4 Å². The molecule has 0 fully saturated rings. The van der Waals surface area contributed by atoms with Crippen molar-refractivity contribution in [3.8, 4) is 0 Å². The van der Waals surface area contributed by atoms with Crippen LogP contribution in [0.3, 0.4) is 0 Å². The van der Waals surface area contributed by atoms with E-state index in [0.29, 0.717) is 30.3 Å². The molecule has 1 atom stereocenters. The second-order valence-electron chi connectivity index (χ2n) is 8.26. The number of hydrogen-bond acceptors (Lipinski definition) is 8. The second-order valence-corrected chi connectivity index (χ2v) is 9.35. The molecule has 0 saturated carbocycles. The summed E-state index contributed by atoms with van der Waals surface area (Å²) < 4.78 is 5.04. The van der Waals surface area contributed by atoms with Crippen LogP contribution in [-0.2, 0) is 22.4 Å². The summed E-state index contributed by atoms with van der Waals surface area (Å²) in [6.45, 7) is 4.02. The smallest absolute Gasteiger partial charge is 0.305 e. The van der Waals surface area contributed by atoms with E-state index in [-0.39, 0.29) is 5.97 Å². The number of fused-ring (bicyclic) bond motifs is 3. The van der Waals surface area contributed by atoms with Crippen LogP contribution in [0.2, 0.25) is 0 Å². The molecule has 168 valence electrons. The Labute approximate surface area is 191 Å². The van der Waals surface area contributed by atoms with Crippen LogP contribution < -0.4 is 11.1 Å². The van der Waals surface area contributed by atoms with Crippen LogP contribution in [-0.4, -0.2) is 28.3 Å². The molecule has 2 aromatic heterocycles. The molecule has 0 bridgehead atoms. The zero-order valence-corrected chi connectivity index (χ0v) is 19.3. The predicted octanol–water partition coefficient (Wildman–Crippen LogP) is 5.24. The number of thiophene rings is 1. The molecule has 4 N–H and O–H groups in total. The number of nitrogens with one attached hydrogen (secondary N) is 2. The molecular weight excluding hydrogens is 422 g/mol. The van der Waals surface area contributed by atoms with Gasteiger partial charge in [-0.05, 0) is 75.6 Å². The summed E-state index contributed by atoms with van der Waals surface area (Å²) >= 11 is 1.75. The predicted molar refractivity (Wildman–Crippen MR) is 130 cm³/mol. The summed E-state index contributed by atoms with van der Waals surface area (Å²) in [4.78, 5) is 23.0. The molecule has 1 aliphatic carbocycles. The Kier molecular flexibility index (Phi) is 6.69. The van der Waals surface area contributed by atoms with Crippen LogP contribution >= 0.6 is 11.3 Å². The number of rotatable bonds is 8. The van der Waals surface area contributed by atoms with Crippen LogP contribution in [0.4, 0.5) is 17.2 Å². The summed E-state index contributed by atoms with van der Waals surface area (Å²) in [7, 11) is 0. The number of nitrogen functional groups attached to an aromatic ring is 1. The van der Waals surface area contributed by atoms with Gasteiger partial charge in [0.25, 0.3) is 0 Å². The van der Waals surface area contributed by atoms with E-state index in [1.165, 1.54) is 10.4 Å². The summed E-state index contributed by atoms with van der Waals surface area (Å²) in [6.07, 6.45) is 7.15. The molecule has 8 heteroatoms. The minimum absolute atomic E-state index is 0.0964. The second kappa shape index (κ2) is 9.65. The number of hydrogen-bond donors (Lipinski definition) is 3. The molecule has 2 heterocycles. The van der Waals surface area contributed by atoms with Gasteiger partial charge in [0.1, 0.15) is 17.0 Å². The molecule has 4 rings (SSSR count). The van der Waals surface area contributed by atoms with Gasteiger partial charge >= 0.3 is 5.97 Å². The lowest BCUT2D eigenvalue weighted by molar-refractivity contribution is -0.143. The van der Waals surface area contributed by atoms with Gasteiger partial charge in [0.15, 0.2) is 0 Å². The first kappa shape index (κ1) is 22.2. The highest BCUT2D eigenvalue weighted by Gasteiger charge is 2.25. The number of benzene rings is 1. The van der Waals surface area contributed by atoms with Crippen LogP contribution in [0, 0.1) is 11.3 Å².